The van der Waals surface area contributed by atoms with Crippen molar-refractivity contribution in [1.29, 1.82) is 0 Å². The number of hydrogen-bond donors (Lipinski definition) is 0. The lowest BCUT2D eigenvalue weighted by molar-refractivity contribution is 0.164. The summed E-state index contributed by atoms with van der Waals surface area (Å²) < 4.78 is 12.1. The fourth-order valence-corrected chi connectivity index (χ4v) is 5.85. The van der Waals surface area contributed by atoms with Gasteiger partial charge in [-0.15, -0.1) is 0 Å². The Morgan fingerprint density at radius 3 is 2.65 bits per heavy atom. The van der Waals surface area contributed by atoms with Crippen molar-refractivity contribution in [1.82, 2.24) is 4.90 Å². The van der Waals surface area contributed by atoms with Crippen LogP contribution in [-0.4, -0.2) is 41.0 Å². The topological polar surface area (TPSA) is 23.6 Å². The third-order valence-electron chi connectivity index (χ3n) is 5.66. The lowest BCUT2D eigenvalue weighted by Crippen LogP contribution is -2.50. The van der Waals surface area contributed by atoms with E-state index < -0.39 is 10.8 Å². The minimum Gasteiger partial charge on any atom is -0.335 e. The number of anilines is 2. The Kier molecular flexibility index (Phi) is 5.13. The van der Waals surface area contributed by atoms with E-state index in [0.29, 0.717) is 12.1 Å². The maximum Gasteiger partial charge on any atom is 0.0568 e. The zero-order chi connectivity index (χ0) is 18.3. The number of nitrogens with zero attached hydrogens (tertiary/aromatic N) is 2. The van der Waals surface area contributed by atoms with E-state index in [-0.39, 0.29) is 0 Å². The molecule has 0 saturated carbocycles. The molecule has 5 heteroatoms. The first-order valence-electron chi connectivity index (χ1n) is 9.30. The summed E-state index contributed by atoms with van der Waals surface area (Å²) in [5.74, 6) is 0. The molecule has 2 heterocycles. The molecule has 0 bridgehead atoms. The Bertz CT molecular complexity index is 839. The van der Waals surface area contributed by atoms with Gasteiger partial charge in [-0.05, 0) is 63.7 Å². The molecule has 26 heavy (non-hydrogen) atoms. The minimum absolute atomic E-state index is 0.363. The van der Waals surface area contributed by atoms with Gasteiger partial charge in [0, 0.05) is 43.8 Å². The average molecular weight is 387 g/mol. The summed E-state index contributed by atoms with van der Waals surface area (Å²) in [6.45, 7) is 3.52. The summed E-state index contributed by atoms with van der Waals surface area (Å²) in [5.41, 5.74) is 2.48. The van der Waals surface area contributed by atoms with Crippen molar-refractivity contribution in [2.24, 2.45) is 0 Å². The molecular formula is C21H26N2OS2. The van der Waals surface area contributed by atoms with Gasteiger partial charge >= 0.3 is 0 Å². The van der Waals surface area contributed by atoms with Crippen molar-refractivity contribution in [3.8, 4) is 0 Å². The monoisotopic (exact) mass is 386 g/mol. The Labute approximate surface area is 163 Å². The van der Waals surface area contributed by atoms with Gasteiger partial charge in [0.25, 0.3) is 0 Å². The van der Waals surface area contributed by atoms with E-state index in [9.17, 15) is 4.21 Å². The molecule has 4 rings (SSSR count). The van der Waals surface area contributed by atoms with Crippen LogP contribution >= 0.6 is 11.8 Å². The fraction of sp³-hybridized carbons (Fsp3) is 0.429. The molecule has 3 nitrogen and oxygen atoms in total. The molecule has 2 aliphatic heterocycles. The van der Waals surface area contributed by atoms with Crippen LogP contribution in [0.4, 0.5) is 11.4 Å². The molecule has 0 spiro atoms. The van der Waals surface area contributed by atoms with Crippen LogP contribution in [-0.2, 0) is 10.8 Å². The highest BCUT2D eigenvalue weighted by Gasteiger charge is 2.34. The van der Waals surface area contributed by atoms with Gasteiger partial charge in [-0.3, -0.25) is 4.21 Å². The van der Waals surface area contributed by atoms with Crippen LogP contribution in [0.1, 0.15) is 26.2 Å². The predicted molar refractivity (Wildman–Crippen MR) is 111 cm³/mol. The largest absolute Gasteiger partial charge is 0.335 e. The highest BCUT2D eigenvalue weighted by atomic mass is 32.2. The van der Waals surface area contributed by atoms with E-state index in [1.165, 1.54) is 47.0 Å². The van der Waals surface area contributed by atoms with E-state index in [2.05, 4.69) is 60.2 Å². The van der Waals surface area contributed by atoms with Gasteiger partial charge in [0.15, 0.2) is 0 Å². The highest BCUT2D eigenvalue weighted by Crippen LogP contribution is 2.50. The number of likely N-dealkylation sites (tertiary alicyclic amines) is 1. The molecule has 2 aliphatic rings. The number of benzene rings is 2. The SMILES string of the molecule is CC(C1CCCCN1C)N1c2ccccc2Sc2ccc(S(C)=O)cc21. The highest BCUT2D eigenvalue weighted by molar-refractivity contribution is 7.99. The first-order valence-corrected chi connectivity index (χ1v) is 11.7. The van der Waals surface area contributed by atoms with Crippen molar-refractivity contribution < 1.29 is 4.21 Å². The quantitative estimate of drug-likeness (QED) is 0.749. The van der Waals surface area contributed by atoms with E-state index in [0.717, 1.165) is 4.90 Å². The maximum absolute atomic E-state index is 12.1. The molecule has 0 aliphatic carbocycles. The smallest absolute Gasteiger partial charge is 0.0568 e. The summed E-state index contributed by atoms with van der Waals surface area (Å²) in [6, 6.07) is 15.8. The Balaban J connectivity index is 1.81. The summed E-state index contributed by atoms with van der Waals surface area (Å²) >= 11 is 1.82. The molecule has 0 aromatic heterocycles. The number of rotatable bonds is 3. The fourth-order valence-electron chi connectivity index (χ4n) is 4.26. The first-order chi connectivity index (χ1) is 12.6. The van der Waals surface area contributed by atoms with Crippen molar-refractivity contribution in [2.45, 2.75) is 53.0 Å². The normalized spacial score (nSPS) is 22.4. The predicted octanol–water partition coefficient (Wildman–Crippen LogP) is 4.90. The lowest BCUT2D eigenvalue weighted by Gasteiger charge is -2.45. The van der Waals surface area contributed by atoms with Crippen molar-refractivity contribution in [3.63, 3.8) is 0 Å². The van der Waals surface area contributed by atoms with E-state index in [4.69, 9.17) is 0 Å². The second-order valence-electron chi connectivity index (χ2n) is 7.31. The molecule has 3 atom stereocenters. The van der Waals surface area contributed by atoms with Gasteiger partial charge < -0.3 is 9.80 Å². The summed E-state index contributed by atoms with van der Waals surface area (Å²) in [6.07, 6.45) is 5.59. The molecule has 0 amide bonds. The summed E-state index contributed by atoms with van der Waals surface area (Å²) in [5, 5.41) is 0. The molecule has 0 N–H and O–H groups in total. The molecular weight excluding hydrogens is 360 g/mol. The van der Waals surface area contributed by atoms with E-state index in [1.54, 1.807) is 6.26 Å². The maximum atomic E-state index is 12.1. The van der Waals surface area contributed by atoms with Crippen LogP contribution in [0, 0.1) is 0 Å². The lowest BCUT2D eigenvalue weighted by atomic mass is 9.95. The van der Waals surface area contributed by atoms with Crippen molar-refractivity contribution in [3.05, 3.63) is 42.5 Å². The number of likely N-dealkylation sites (N-methyl/N-ethyl adjacent to an activating group) is 1. The molecule has 1 fully saturated rings. The molecule has 0 radical (unpaired) electrons. The average Bonchev–Trinajstić information content (AvgIpc) is 2.65. The van der Waals surface area contributed by atoms with Crippen LogP contribution < -0.4 is 4.90 Å². The number of para-hydroxylation sites is 1. The van der Waals surface area contributed by atoms with E-state index in [1.807, 2.05) is 17.8 Å². The van der Waals surface area contributed by atoms with Crippen molar-refractivity contribution in [2.75, 3.05) is 24.7 Å². The molecule has 1 saturated heterocycles. The van der Waals surface area contributed by atoms with Gasteiger partial charge in [0.2, 0.25) is 0 Å². The van der Waals surface area contributed by atoms with E-state index >= 15 is 0 Å². The Morgan fingerprint density at radius 2 is 1.88 bits per heavy atom. The third-order valence-corrected chi connectivity index (χ3v) is 7.71. The van der Waals surface area contributed by atoms with Gasteiger partial charge in [-0.25, -0.2) is 0 Å². The zero-order valence-electron chi connectivity index (χ0n) is 15.6. The van der Waals surface area contributed by atoms with Crippen LogP contribution in [0.5, 0.6) is 0 Å². The number of hydrogen-bond acceptors (Lipinski definition) is 4. The van der Waals surface area contributed by atoms with Gasteiger partial charge in [0.05, 0.1) is 11.4 Å². The van der Waals surface area contributed by atoms with Crippen LogP contribution in [0.25, 0.3) is 0 Å². The van der Waals surface area contributed by atoms with Crippen molar-refractivity contribution >= 4 is 33.9 Å². The minimum atomic E-state index is -0.971. The summed E-state index contributed by atoms with van der Waals surface area (Å²) in [7, 11) is 1.28. The van der Waals surface area contributed by atoms with Crippen LogP contribution in [0.3, 0.4) is 0 Å². The Hall–Kier alpha value is -1.30. The standard InChI is InChI=1S/C21H26N2OS2/c1-15(17-8-6-7-13-22(17)2)23-18-9-4-5-10-20(18)25-21-12-11-16(26(3)24)14-19(21)23/h4-5,9-12,14-15,17H,6-8,13H2,1-3H3. The molecule has 138 valence electrons. The Morgan fingerprint density at radius 1 is 1.12 bits per heavy atom. The van der Waals surface area contributed by atoms with Crippen LogP contribution in [0.15, 0.2) is 57.2 Å². The number of piperidine rings is 1. The summed E-state index contributed by atoms with van der Waals surface area (Å²) in [4.78, 5) is 8.46. The zero-order valence-corrected chi connectivity index (χ0v) is 17.3. The first kappa shape index (κ1) is 18.1. The van der Waals surface area contributed by atoms with Crippen LogP contribution in [0.2, 0.25) is 0 Å². The molecule has 2 aromatic rings. The second-order valence-corrected chi connectivity index (χ2v) is 9.77. The van der Waals surface area contributed by atoms with Gasteiger partial charge in [-0.2, -0.15) is 0 Å². The van der Waals surface area contributed by atoms with Gasteiger partial charge in [-0.1, -0.05) is 30.3 Å². The molecule has 2 aromatic carbocycles. The molecule has 3 unspecified atom stereocenters. The second kappa shape index (κ2) is 7.37. The third kappa shape index (κ3) is 3.21. The van der Waals surface area contributed by atoms with Gasteiger partial charge in [0.1, 0.15) is 0 Å². The number of fused-ring (bicyclic) bond motifs is 2.